The first-order chi connectivity index (χ1) is 17.1. The van der Waals surface area contributed by atoms with E-state index in [2.05, 4.69) is 34.9 Å². The molecular weight excluding hydrogens is 450 g/mol. The second-order valence-corrected chi connectivity index (χ2v) is 8.65. The number of nitrogens with zero attached hydrogens (tertiary/aromatic N) is 10. The number of carbonyl (C=O) groups excluding carboxylic acids is 1. The van der Waals surface area contributed by atoms with Gasteiger partial charge in [-0.15, -0.1) is 5.10 Å². The van der Waals surface area contributed by atoms with Crippen LogP contribution in [0.1, 0.15) is 18.6 Å². The third-order valence-corrected chi connectivity index (χ3v) is 6.40. The Bertz CT molecular complexity index is 1360. The van der Waals surface area contributed by atoms with Crippen LogP contribution in [0.4, 0.5) is 17.8 Å². The van der Waals surface area contributed by atoms with Gasteiger partial charge in [0.15, 0.2) is 5.76 Å². The Balaban J connectivity index is 1.20. The van der Waals surface area contributed by atoms with E-state index in [0.717, 1.165) is 18.6 Å². The summed E-state index contributed by atoms with van der Waals surface area (Å²) in [6, 6.07) is 5.09. The number of hydrogen-bond donors (Lipinski definition) is 1. The number of fused-ring (bicyclic) bond motifs is 1. The molecule has 2 aliphatic rings. The van der Waals surface area contributed by atoms with Crippen LogP contribution < -0.4 is 15.5 Å². The van der Waals surface area contributed by atoms with Crippen LogP contribution in [0.5, 0.6) is 0 Å². The molecule has 6 rings (SSSR count). The lowest BCUT2D eigenvalue weighted by atomic mass is 10.1. The molecule has 0 bridgehead atoms. The Morgan fingerprint density at radius 1 is 1.03 bits per heavy atom. The zero-order chi connectivity index (χ0) is 23.9. The summed E-state index contributed by atoms with van der Waals surface area (Å²) in [4.78, 5) is 41.5. The van der Waals surface area contributed by atoms with Crippen molar-refractivity contribution < 1.29 is 9.21 Å². The van der Waals surface area contributed by atoms with E-state index in [9.17, 15) is 4.79 Å². The van der Waals surface area contributed by atoms with Gasteiger partial charge in [-0.25, -0.2) is 9.97 Å². The number of aryl methyl sites for hydroxylation is 1. The Kier molecular flexibility index (Phi) is 5.16. The Labute approximate surface area is 200 Å². The molecule has 0 aliphatic carbocycles. The lowest BCUT2D eigenvalue weighted by molar-refractivity contribution is -0.132. The van der Waals surface area contributed by atoms with Crippen molar-refractivity contribution in [2.24, 2.45) is 0 Å². The van der Waals surface area contributed by atoms with Gasteiger partial charge in [0.25, 0.3) is 5.78 Å². The molecule has 13 nitrogen and oxygen atoms in total. The van der Waals surface area contributed by atoms with Crippen molar-refractivity contribution >= 4 is 29.5 Å². The van der Waals surface area contributed by atoms with Crippen LogP contribution >= 0.6 is 0 Å². The number of rotatable bonds is 4. The van der Waals surface area contributed by atoms with Crippen LogP contribution in [0, 0.1) is 6.92 Å². The number of anilines is 3. The van der Waals surface area contributed by atoms with Gasteiger partial charge >= 0.3 is 0 Å². The molecule has 4 aromatic rings. The molecule has 0 aromatic carbocycles. The lowest BCUT2D eigenvalue weighted by Gasteiger charge is -2.37. The number of carbonyl (C=O) groups is 1. The molecule has 2 aliphatic heterocycles. The van der Waals surface area contributed by atoms with Crippen LogP contribution in [0.2, 0.25) is 0 Å². The molecule has 0 saturated carbocycles. The summed E-state index contributed by atoms with van der Waals surface area (Å²) >= 11 is 0. The monoisotopic (exact) mass is 475 g/mol. The van der Waals surface area contributed by atoms with Gasteiger partial charge in [-0.1, -0.05) is 0 Å². The fourth-order valence-corrected chi connectivity index (χ4v) is 4.64. The Hall–Kier alpha value is -4.29. The molecule has 13 heteroatoms. The molecule has 1 amide bonds. The van der Waals surface area contributed by atoms with E-state index in [4.69, 9.17) is 10.2 Å². The molecule has 35 heavy (non-hydrogen) atoms. The Morgan fingerprint density at radius 2 is 1.83 bits per heavy atom. The summed E-state index contributed by atoms with van der Waals surface area (Å²) in [6.07, 6.45) is 5.06. The van der Waals surface area contributed by atoms with Crippen molar-refractivity contribution in [3.8, 4) is 11.6 Å². The zero-order valence-electron chi connectivity index (χ0n) is 19.3. The first-order valence-electron chi connectivity index (χ1n) is 11.6. The molecule has 1 atom stereocenters. The fraction of sp³-hybridized carbons (Fsp3) is 0.409. The predicted molar refractivity (Wildman–Crippen MR) is 127 cm³/mol. The highest BCUT2D eigenvalue weighted by Crippen LogP contribution is 2.27. The standard InChI is InChI=1S/C22H25N11O2/c1-14-5-6-16(35-14)17-26-22-28-21(27-19(23)33(22)29-17)32-9-2-4-15(32)18(34)30-10-12-31(13-11-30)20-24-7-3-8-25-20/h3,5-8,15H,2,4,9-13H2,1H3,(H2,23,26,27,28,29)/t15-/m0/s1. The van der Waals surface area contributed by atoms with E-state index in [0.29, 0.717) is 62.0 Å². The summed E-state index contributed by atoms with van der Waals surface area (Å²) < 4.78 is 7.00. The van der Waals surface area contributed by atoms with Gasteiger partial charge in [0.1, 0.15) is 11.8 Å². The minimum atomic E-state index is -0.341. The lowest BCUT2D eigenvalue weighted by Crippen LogP contribution is -2.54. The fourth-order valence-electron chi connectivity index (χ4n) is 4.64. The molecule has 0 unspecified atom stereocenters. The van der Waals surface area contributed by atoms with Crippen molar-refractivity contribution in [3.05, 3.63) is 36.4 Å². The van der Waals surface area contributed by atoms with E-state index >= 15 is 0 Å². The van der Waals surface area contributed by atoms with E-state index < -0.39 is 0 Å². The maximum absolute atomic E-state index is 13.5. The highest BCUT2D eigenvalue weighted by atomic mass is 16.3. The highest BCUT2D eigenvalue weighted by molar-refractivity contribution is 5.85. The van der Waals surface area contributed by atoms with Gasteiger partial charge in [-0.3, -0.25) is 4.79 Å². The number of nitrogens with two attached hydrogens (primary N) is 1. The average molecular weight is 476 g/mol. The van der Waals surface area contributed by atoms with Crippen LogP contribution in [-0.2, 0) is 4.79 Å². The van der Waals surface area contributed by atoms with Gasteiger partial charge in [0.2, 0.25) is 29.6 Å². The summed E-state index contributed by atoms with van der Waals surface area (Å²) in [5, 5.41) is 4.38. The smallest absolute Gasteiger partial charge is 0.259 e. The maximum atomic E-state index is 13.5. The topological polar surface area (TPSA) is 148 Å². The SMILES string of the molecule is Cc1ccc(-c2nc3nc(N4CCC[C@H]4C(=O)N4CCN(c5ncccn5)CC4)nc(N)n3n2)o1. The van der Waals surface area contributed by atoms with E-state index in [-0.39, 0.29) is 17.9 Å². The molecule has 2 saturated heterocycles. The first-order valence-corrected chi connectivity index (χ1v) is 11.6. The zero-order valence-corrected chi connectivity index (χ0v) is 19.3. The van der Waals surface area contributed by atoms with Crippen LogP contribution in [0.25, 0.3) is 17.4 Å². The van der Waals surface area contributed by atoms with Crippen molar-refractivity contribution in [1.29, 1.82) is 0 Å². The summed E-state index contributed by atoms with van der Waals surface area (Å²) in [5.74, 6) is 3.29. The van der Waals surface area contributed by atoms with E-state index in [1.165, 1.54) is 4.52 Å². The quantitative estimate of drug-likeness (QED) is 0.446. The summed E-state index contributed by atoms with van der Waals surface area (Å²) in [7, 11) is 0. The normalized spacial score (nSPS) is 18.5. The summed E-state index contributed by atoms with van der Waals surface area (Å²) in [5.41, 5.74) is 6.20. The van der Waals surface area contributed by atoms with E-state index in [1.807, 2.05) is 22.8 Å². The molecular formula is C22H25N11O2. The van der Waals surface area contributed by atoms with Crippen molar-refractivity contribution in [3.63, 3.8) is 0 Å². The predicted octanol–water partition coefficient (Wildman–Crippen LogP) is 0.778. The molecule has 0 radical (unpaired) electrons. The van der Waals surface area contributed by atoms with Crippen LogP contribution in [-0.4, -0.2) is 84.1 Å². The molecule has 4 aromatic heterocycles. The minimum Gasteiger partial charge on any atom is -0.458 e. The van der Waals surface area contributed by atoms with Gasteiger partial charge < -0.3 is 24.9 Å². The number of aromatic nitrogens is 7. The minimum absolute atomic E-state index is 0.0754. The second-order valence-electron chi connectivity index (χ2n) is 8.65. The van der Waals surface area contributed by atoms with Gasteiger partial charge in [0.05, 0.1) is 0 Å². The van der Waals surface area contributed by atoms with Gasteiger partial charge in [0, 0.05) is 45.1 Å². The third-order valence-electron chi connectivity index (χ3n) is 6.40. The summed E-state index contributed by atoms with van der Waals surface area (Å²) in [6.45, 7) is 5.12. The van der Waals surface area contributed by atoms with Gasteiger partial charge in [-0.2, -0.15) is 19.5 Å². The number of hydrogen-bond acceptors (Lipinski definition) is 11. The van der Waals surface area contributed by atoms with Crippen LogP contribution in [0.15, 0.2) is 35.0 Å². The number of amides is 1. The van der Waals surface area contributed by atoms with Crippen molar-refractivity contribution in [2.75, 3.05) is 48.3 Å². The number of piperazine rings is 1. The van der Waals surface area contributed by atoms with Crippen molar-refractivity contribution in [2.45, 2.75) is 25.8 Å². The molecule has 180 valence electrons. The third kappa shape index (κ3) is 3.88. The van der Waals surface area contributed by atoms with E-state index in [1.54, 1.807) is 24.5 Å². The van der Waals surface area contributed by atoms with Gasteiger partial charge in [-0.05, 0) is 38.0 Å². The Morgan fingerprint density at radius 3 is 2.57 bits per heavy atom. The maximum Gasteiger partial charge on any atom is 0.259 e. The number of nitrogen functional groups attached to an aromatic ring is 1. The highest BCUT2D eigenvalue weighted by Gasteiger charge is 2.37. The average Bonchev–Trinajstić information content (AvgIpc) is 3.63. The molecule has 2 N–H and O–H groups in total. The first kappa shape index (κ1) is 21.3. The second kappa shape index (κ2) is 8.49. The largest absolute Gasteiger partial charge is 0.458 e. The van der Waals surface area contributed by atoms with Crippen molar-refractivity contribution in [1.82, 2.24) is 39.4 Å². The molecule has 0 spiro atoms. The molecule has 2 fully saturated rings. The van der Waals surface area contributed by atoms with Crippen LogP contribution in [0.3, 0.4) is 0 Å². The number of furan rings is 1. The molecule has 6 heterocycles.